The van der Waals surface area contributed by atoms with E-state index in [1.54, 1.807) is 0 Å². The summed E-state index contributed by atoms with van der Waals surface area (Å²) in [4.78, 5) is 9.55. The van der Waals surface area contributed by atoms with Crippen molar-refractivity contribution in [3.8, 4) is 0 Å². The molecule has 0 aliphatic carbocycles. The number of rotatable bonds is 2. The molecule has 0 saturated carbocycles. The second-order valence-electron chi connectivity index (χ2n) is 6.04. The predicted molar refractivity (Wildman–Crippen MR) is 91.0 cm³/mol. The van der Waals surface area contributed by atoms with Crippen molar-refractivity contribution in [2.75, 3.05) is 31.1 Å². The van der Waals surface area contributed by atoms with Crippen molar-refractivity contribution in [1.29, 1.82) is 0 Å². The fourth-order valence-electron chi connectivity index (χ4n) is 3.48. The average molecular weight is 289 g/mol. The second-order valence-corrected chi connectivity index (χ2v) is 6.04. The summed E-state index contributed by atoms with van der Waals surface area (Å²) in [6.07, 6.45) is 10.8. The molecule has 0 bridgehead atoms. The van der Waals surface area contributed by atoms with Crippen LogP contribution < -0.4 is 4.90 Å². The standard InChI is InChI=1S/C16H25N3.C2H6/c1-14-11-16(13-17-12-14)19-9-5-15(6-10-19)18-7-3-2-4-8-18;1-2/h11-13,15H,2-10H2,1H3;1-2H3. The largest absolute Gasteiger partial charge is 0.370 e. The van der Waals surface area contributed by atoms with Crippen molar-refractivity contribution in [3.05, 3.63) is 24.0 Å². The van der Waals surface area contributed by atoms with Crippen LogP contribution in [-0.4, -0.2) is 42.1 Å². The summed E-state index contributed by atoms with van der Waals surface area (Å²) < 4.78 is 0. The molecule has 3 heteroatoms. The van der Waals surface area contributed by atoms with E-state index < -0.39 is 0 Å². The number of hydrogen-bond acceptors (Lipinski definition) is 3. The van der Waals surface area contributed by atoms with Gasteiger partial charge in [-0.2, -0.15) is 0 Å². The lowest BCUT2D eigenvalue weighted by molar-refractivity contribution is 0.141. The fourth-order valence-corrected chi connectivity index (χ4v) is 3.48. The molecule has 0 aromatic carbocycles. The van der Waals surface area contributed by atoms with Crippen LogP contribution in [0.2, 0.25) is 0 Å². The third-order valence-electron chi connectivity index (χ3n) is 4.60. The molecule has 0 spiro atoms. The Morgan fingerprint density at radius 3 is 2.24 bits per heavy atom. The third kappa shape index (κ3) is 4.44. The van der Waals surface area contributed by atoms with Crippen LogP contribution in [0.5, 0.6) is 0 Å². The van der Waals surface area contributed by atoms with Gasteiger partial charge in [0, 0.05) is 25.3 Å². The molecular weight excluding hydrogens is 258 g/mol. The van der Waals surface area contributed by atoms with Crippen LogP contribution in [-0.2, 0) is 0 Å². The number of likely N-dealkylation sites (tertiary alicyclic amines) is 1. The quantitative estimate of drug-likeness (QED) is 0.824. The molecule has 3 heterocycles. The van der Waals surface area contributed by atoms with Gasteiger partial charge in [-0.1, -0.05) is 20.3 Å². The van der Waals surface area contributed by atoms with Gasteiger partial charge in [-0.15, -0.1) is 0 Å². The lowest BCUT2D eigenvalue weighted by Gasteiger charge is -2.40. The molecule has 1 aromatic heterocycles. The van der Waals surface area contributed by atoms with E-state index in [1.807, 2.05) is 26.2 Å². The summed E-state index contributed by atoms with van der Waals surface area (Å²) in [7, 11) is 0. The summed E-state index contributed by atoms with van der Waals surface area (Å²) in [6.45, 7) is 11.2. The summed E-state index contributed by atoms with van der Waals surface area (Å²) >= 11 is 0. The maximum absolute atomic E-state index is 4.32. The molecule has 2 aliphatic heterocycles. The maximum Gasteiger partial charge on any atom is 0.0555 e. The molecule has 0 radical (unpaired) electrons. The van der Waals surface area contributed by atoms with E-state index in [9.17, 15) is 0 Å². The van der Waals surface area contributed by atoms with Gasteiger partial charge in [-0.3, -0.25) is 4.98 Å². The van der Waals surface area contributed by atoms with Crippen molar-refractivity contribution in [1.82, 2.24) is 9.88 Å². The van der Waals surface area contributed by atoms with Gasteiger partial charge in [0.25, 0.3) is 0 Å². The van der Waals surface area contributed by atoms with Crippen molar-refractivity contribution in [2.24, 2.45) is 0 Å². The predicted octanol–water partition coefficient (Wildman–Crippen LogP) is 3.87. The minimum absolute atomic E-state index is 0.828. The average Bonchev–Trinajstić information content (AvgIpc) is 2.58. The minimum Gasteiger partial charge on any atom is -0.370 e. The Kier molecular flexibility index (Phi) is 6.50. The van der Waals surface area contributed by atoms with Crippen molar-refractivity contribution < 1.29 is 0 Å². The molecule has 3 nitrogen and oxygen atoms in total. The first-order chi connectivity index (χ1) is 10.3. The molecule has 2 fully saturated rings. The molecule has 2 saturated heterocycles. The van der Waals surface area contributed by atoms with Crippen molar-refractivity contribution in [2.45, 2.75) is 58.9 Å². The van der Waals surface area contributed by atoms with Gasteiger partial charge in [0.2, 0.25) is 0 Å². The van der Waals surface area contributed by atoms with E-state index in [2.05, 4.69) is 27.8 Å². The smallest absolute Gasteiger partial charge is 0.0555 e. The molecular formula is C18H31N3. The Hall–Kier alpha value is -1.09. The SMILES string of the molecule is CC.Cc1cncc(N2CCC(N3CCCCC3)CC2)c1. The van der Waals surface area contributed by atoms with Crippen molar-refractivity contribution in [3.63, 3.8) is 0 Å². The first kappa shape index (κ1) is 16.3. The Morgan fingerprint density at radius 2 is 1.62 bits per heavy atom. The topological polar surface area (TPSA) is 19.4 Å². The van der Waals surface area contributed by atoms with Crippen LogP contribution in [0.15, 0.2) is 18.5 Å². The number of hydrogen-bond donors (Lipinski definition) is 0. The monoisotopic (exact) mass is 289 g/mol. The Morgan fingerprint density at radius 1 is 0.952 bits per heavy atom. The van der Waals surface area contributed by atoms with Crippen LogP contribution in [0.25, 0.3) is 0 Å². The molecule has 0 N–H and O–H groups in total. The normalized spacial score (nSPS) is 20.8. The highest BCUT2D eigenvalue weighted by Crippen LogP contribution is 2.24. The lowest BCUT2D eigenvalue weighted by Crippen LogP contribution is -2.46. The molecule has 3 rings (SSSR count). The number of anilines is 1. The molecule has 0 unspecified atom stereocenters. The van der Waals surface area contributed by atoms with E-state index in [-0.39, 0.29) is 0 Å². The molecule has 2 aliphatic rings. The third-order valence-corrected chi connectivity index (χ3v) is 4.60. The highest BCUT2D eigenvalue weighted by atomic mass is 15.2. The van der Waals surface area contributed by atoms with E-state index in [4.69, 9.17) is 0 Å². The Bertz CT molecular complexity index is 405. The minimum atomic E-state index is 0.828. The van der Waals surface area contributed by atoms with Crippen molar-refractivity contribution >= 4 is 5.69 Å². The zero-order valence-electron chi connectivity index (χ0n) is 14.0. The van der Waals surface area contributed by atoms with E-state index in [0.717, 1.165) is 6.04 Å². The van der Waals surface area contributed by atoms with E-state index in [0.29, 0.717) is 0 Å². The van der Waals surface area contributed by atoms with E-state index in [1.165, 1.54) is 69.5 Å². The summed E-state index contributed by atoms with van der Waals surface area (Å²) in [5.41, 5.74) is 2.56. The Labute approximate surface area is 130 Å². The molecule has 118 valence electrons. The maximum atomic E-state index is 4.32. The highest BCUT2D eigenvalue weighted by molar-refractivity contribution is 5.46. The summed E-state index contributed by atoms with van der Waals surface area (Å²) in [6, 6.07) is 3.09. The van der Waals surface area contributed by atoms with Crippen LogP contribution >= 0.6 is 0 Å². The Balaban J connectivity index is 0.000000774. The van der Waals surface area contributed by atoms with Gasteiger partial charge in [-0.05, 0) is 57.3 Å². The molecule has 0 amide bonds. The van der Waals surface area contributed by atoms with Gasteiger partial charge in [0.05, 0.1) is 11.9 Å². The van der Waals surface area contributed by atoms with Gasteiger partial charge in [0.15, 0.2) is 0 Å². The highest BCUT2D eigenvalue weighted by Gasteiger charge is 2.25. The van der Waals surface area contributed by atoms with E-state index >= 15 is 0 Å². The molecule has 1 aromatic rings. The summed E-state index contributed by atoms with van der Waals surface area (Å²) in [5.74, 6) is 0. The van der Waals surface area contributed by atoms with Gasteiger partial charge in [-0.25, -0.2) is 0 Å². The van der Waals surface area contributed by atoms with Gasteiger partial charge < -0.3 is 9.80 Å². The van der Waals surface area contributed by atoms with Gasteiger partial charge in [0.1, 0.15) is 0 Å². The first-order valence-electron chi connectivity index (χ1n) is 8.73. The van der Waals surface area contributed by atoms with Crippen LogP contribution in [0.3, 0.4) is 0 Å². The number of piperidine rings is 2. The first-order valence-corrected chi connectivity index (χ1v) is 8.73. The van der Waals surface area contributed by atoms with Crippen LogP contribution in [0, 0.1) is 6.92 Å². The van der Waals surface area contributed by atoms with Crippen LogP contribution in [0.4, 0.5) is 5.69 Å². The van der Waals surface area contributed by atoms with Gasteiger partial charge >= 0.3 is 0 Å². The molecule has 0 atom stereocenters. The second kappa shape index (κ2) is 8.38. The number of aromatic nitrogens is 1. The zero-order valence-corrected chi connectivity index (χ0v) is 14.0. The zero-order chi connectivity index (χ0) is 15.1. The summed E-state index contributed by atoms with van der Waals surface area (Å²) in [5, 5.41) is 0. The van der Waals surface area contributed by atoms with Crippen LogP contribution in [0.1, 0.15) is 51.5 Å². The number of pyridine rings is 1. The fraction of sp³-hybridized carbons (Fsp3) is 0.722. The molecule has 21 heavy (non-hydrogen) atoms. The lowest BCUT2D eigenvalue weighted by atomic mass is 9.99. The number of aryl methyl sites for hydroxylation is 1. The number of nitrogens with zero attached hydrogens (tertiary/aromatic N) is 3.